The zero-order valence-corrected chi connectivity index (χ0v) is 24.5. The van der Waals surface area contributed by atoms with E-state index in [0.29, 0.717) is 11.3 Å². The van der Waals surface area contributed by atoms with E-state index in [9.17, 15) is 37.5 Å². The van der Waals surface area contributed by atoms with E-state index in [0.717, 1.165) is 45.2 Å². The number of imide groups is 1. The Balaban J connectivity index is 5.13. The van der Waals surface area contributed by atoms with Gasteiger partial charge in [-0.25, -0.2) is 9.69 Å². The Morgan fingerprint density at radius 2 is 1.55 bits per heavy atom. The van der Waals surface area contributed by atoms with Crippen molar-refractivity contribution in [3.05, 3.63) is 12.2 Å². The Morgan fingerprint density at radius 3 is 2.05 bits per heavy atom. The van der Waals surface area contributed by atoms with E-state index in [2.05, 4.69) is 11.7 Å². The quantitative estimate of drug-likeness (QED) is 0.117. The summed E-state index contributed by atoms with van der Waals surface area (Å²) in [6.45, 7) is 2.19. The summed E-state index contributed by atoms with van der Waals surface area (Å²) < 4.78 is 43.0. The summed E-state index contributed by atoms with van der Waals surface area (Å²) in [5, 5.41) is 20.3. The molecule has 0 aliphatic rings. The van der Waals surface area contributed by atoms with Crippen LogP contribution in [0.15, 0.2) is 12.2 Å². The van der Waals surface area contributed by atoms with Gasteiger partial charge in [0, 0.05) is 24.5 Å². The van der Waals surface area contributed by atoms with Gasteiger partial charge in [0.2, 0.25) is 0 Å². The molecule has 0 saturated carbocycles. The van der Waals surface area contributed by atoms with Crippen LogP contribution in [0, 0.1) is 0 Å². The van der Waals surface area contributed by atoms with Crippen LogP contribution >= 0.6 is 11.8 Å². The molecule has 0 fully saturated rings. The molecular weight excluding hydrogens is 553 g/mol. The number of nitrogens with one attached hydrogen (secondary N) is 1. The highest BCUT2D eigenvalue weighted by molar-refractivity contribution is 8.00. The second-order valence-corrected chi connectivity index (χ2v) is 10.8. The number of thioether (sulfide) groups is 1. The molecule has 40 heavy (non-hydrogen) atoms. The number of allylic oxidation sites excluding steroid dienone is 1. The lowest BCUT2D eigenvalue weighted by Gasteiger charge is -2.25. The van der Waals surface area contributed by atoms with Gasteiger partial charge in [-0.15, -0.1) is 11.8 Å². The van der Waals surface area contributed by atoms with E-state index in [1.54, 1.807) is 11.4 Å². The Hall–Kier alpha value is -2.28. The smallest absolute Gasteiger partial charge is 0.471 e. The third-order valence-electron chi connectivity index (χ3n) is 6.18. The molecular formula is C27H45F3N2O7S. The first kappa shape index (κ1) is 37.7. The highest BCUT2D eigenvalue weighted by Crippen LogP contribution is 2.23. The Kier molecular flexibility index (Phi) is 20.2. The summed E-state index contributed by atoms with van der Waals surface area (Å²) in [5.41, 5.74) is 0. The SMILES string of the molecule is CCCCCCCCCCCCC=C[C@@H](SCC(NC(=O)C(F)(F)F)C(=O)N(C)C(=O)OC)[C@@H](O)CCC(=O)O. The summed E-state index contributed by atoms with van der Waals surface area (Å²) >= 11 is 0.879. The average molecular weight is 599 g/mol. The molecule has 232 valence electrons. The Bertz CT molecular complexity index is 797. The molecule has 0 radical (unpaired) electrons. The molecule has 1 unspecified atom stereocenters. The summed E-state index contributed by atoms with van der Waals surface area (Å²) in [6.07, 6.45) is 7.86. The first-order valence-electron chi connectivity index (χ1n) is 13.8. The maximum atomic E-state index is 12.9. The number of ether oxygens (including phenoxy) is 1. The predicted molar refractivity (Wildman–Crippen MR) is 148 cm³/mol. The van der Waals surface area contributed by atoms with Crippen LogP contribution in [-0.2, 0) is 19.1 Å². The van der Waals surface area contributed by atoms with E-state index in [1.165, 1.54) is 44.9 Å². The number of nitrogens with zero attached hydrogens (tertiary/aromatic N) is 1. The molecule has 0 spiro atoms. The number of aliphatic hydroxyl groups excluding tert-OH is 1. The molecule has 0 saturated heterocycles. The Morgan fingerprint density at radius 1 is 1.00 bits per heavy atom. The van der Waals surface area contributed by atoms with Crippen LogP contribution in [0.1, 0.15) is 90.4 Å². The number of carbonyl (C=O) groups is 4. The number of aliphatic carboxylic acids is 1. The summed E-state index contributed by atoms with van der Waals surface area (Å²) in [6, 6.07) is -1.76. The van der Waals surface area contributed by atoms with Gasteiger partial charge in [-0.3, -0.25) is 14.4 Å². The average Bonchev–Trinajstić information content (AvgIpc) is 2.90. The zero-order chi connectivity index (χ0) is 30.6. The van der Waals surface area contributed by atoms with Gasteiger partial charge in [0.25, 0.3) is 5.91 Å². The molecule has 13 heteroatoms. The fourth-order valence-corrected chi connectivity index (χ4v) is 5.01. The lowest BCUT2D eigenvalue weighted by atomic mass is 10.1. The molecule has 0 aromatic carbocycles. The lowest BCUT2D eigenvalue weighted by Crippen LogP contribution is -2.53. The van der Waals surface area contributed by atoms with Gasteiger partial charge in [-0.1, -0.05) is 76.9 Å². The first-order chi connectivity index (χ1) is 18.8. The van der Waals surface area contributed by atoms with Crippen molar-refractivity contribution in [2.24, 2.45) is 0 Å². The third-order valence-corrected chi connectivity index (χ3v) is 7.56. The molecule has 3 atom stereocenters. The number of amides is 3. The van der Waals surface area contributed by atoms with Gasteiger partial charge >= 0.3 is 24.1 Å². The second kappa shape index (κ2) is 21.5. The highest BCUT2D eigenvalue weighted by atomic mass is 32.2. The van der Waals surface area contributed by atoms with E-state index < -0.39 is 53.2 Å². The molecule has 0 heterocycles. The highest BCUT2D eigenvalue weighted by Gasteiger charge is 2.42. The number of aliphatic hydroxyl groups is 1. The number of rotatable bonds is 21. The minimum absolute atomic E-state index is 0.120. The number of carboxylic acids is 1. The molecule has 0 aromatic rings. The normalized spacial score (nSPS) is 14.0. The van der Waals surface area contributed by atoms with Gasteiger partial charge in [0.05, 0.1) is 13.2 Å². The van der Waals surface area contributed by atoms with E-state index in [-0.39, 0.29) is 12.8 Å². The molecule has 0 rings (SSSR count). The minimum atomic E-state index is -5.26. The summed E-state index contributed by atoms with van der Waals surface area (Å²) in [5.74, 6) is -5.03. The van der Waals surface area contributed by atoms with Crippen molar-refractivity contribution >= 4 is 35.6 Å². The van der Waals surface area contributed by atoms with Crippen LogP contribution in [0.4, 0.5) is 18.0 Å². The van der Waals surface area contributed by atoms with Gasteiger partial charge in [0.15, 0.2) is 0 Å². The number of likely N-dealkylation sites (N-methyl/N-ethyl adjacent to an activating group) is 1. The number of carbonyl (C=O) groups excluding carboxylic acids is 3. The van der Waals surface area contributed by atoms with Crippen molar-refractivity contribution < 1.29 is 47.3 Å². The van der Waals surface area contributed by atoms with Crippen LogP contribution in [-0.4, -0.2) is 82.5 Å². The standard InChI is InChI=1S/C27H45F3N2O7S/c1-4-5-6-7-8-9-10-11-12-13-14-15-16-22(21(33)17-18-23(34)35)40-19-20(31-25(37)27(28,29)30)24(36)32(2)26(38)39-3/h15-16,20-22,33H,4-14,17-19H2,1-3H3,(H,31,37)(H,34,35)/t20?,21-,22+/m0/s1. The molecule has 0 aliphatic heterocycles. The van der Waals surface area contributed by atoms with Gasteiger partial charge in [-0.05, 0) is 19.3 Å². The number of unbranched alkanes of at least 4 members (excludes halogenated alkanes) is 10. The fourth-order valence-electron chi connectivity index (χ4n) is 3.79. The van der Waals surface area contributed by atoms with Crippen LogP contribution in [0.25, 0.3) is 0 Å². The lowest BCUT2D eigenvalue weighted by molar-refractivity contribution is -0.174. The van der Waals surface area contributed by atoms with Crippen molar-refractivity contribution in [2.45, 2.75) is 114 Å². The van der Waals surface area contributed by atoms with Crippen molar-refractivity contribution in [2.75, 3.05) is 19.9 Å². The number of methoxy groups -OCH3 is 1. The summed E-state index contributed by atoms with van der Waals surface area (Å²) in [4.78, 5) is 47.3. The van der Waals surface area contributed by atoms with Crippen molar-refractivity contribution in [3.63, 3.8) is 0 Å². The molecule has 9 nitrogen and oxygen atoms in total. The largest absolute Gasteiger partial charge is 0.481 e. The van der Waals surface area contributed by atoms with E-state index >= 15 is 0 Å². The van der Waals surface area contributed by atoms with Gasteiger partial charge < -0.3 is 20.3 Å². The minimum Gasteiger partial charge on any atom is -0.481 e. The molecule has 0 aliphatic carbocycles. The van der Waals surface area contributed by atoms with Crippen molar-refractivity contribution in [1.29, 1.82) is 0 Å². The predicted octanol–water partition coefficient (Wildman–Crippen LogP) is 5.45. The molecule has 3 amide bonds. The molecule has 3 N–H and O–H groups in total. The number of halogens is 3. The maximum absolute atomic E-state index is 12.9. The van der Waals surface area contributed by atoms with E-state index in [4.69, 9.17) is 5.11 Å². The zero-order valence-electron chi connectivity index (χ0n) is 23.7. The third kappa shape index (κ3) is 17.4. The maximum Gasteiger partial charge on any atom is 0.471 e. The number of hydrogen-bond acceptors (Lipinski definition) is 7. The van der Waals surface area contributed by atoms with Crippen LogP contribution in [0.2, 0.25) is 0 Å². The van der Waals surface area contributed by atoms with Crippen LogP contribution < -0.4 is 5.32 Å². The van der Waals surface area contributed by atoms with Gasteiger partial charge in [0.1, 0.15) is 6.04 Å². The fraction of sp³-hybridized carbons (Fsp3) is 0.778. The van der Waals surface area contributed by atoms with Crippen LogP contribution in [0.3, 0.4) is 0 Å². The Labute approximate surface area is 239 Å². The monoisotopic (exact) mass is 598 g/mol. The number of hydrogen-bond donors (Lipinski definition) is 3. The number of carboxylic acid groups (broad SMARTS) is 1. The topological polar surface area (TPSA) is 133 Å². The van der Waals surface area contributed by atoms with Crippen molar-refractivity contribution in [1.82, 2.24) is 10.2 Å². The van der Waals surface area contributed by atoms with Crippen LogP contribution in [0.5, 0.6) is 0 Å². The first-order valence-corrected chi connectivity index (χ1v) is 14.8. The van der Waals surface area contributed by atoms with E-state index in [1.807, 2.05) is 6.08 Å². The van der Waals surface area contributed by atoms with Gasteiger partial charge in [-0.2, -0.15) is 13.2 Å². The molecule has 0 bridgehead atoms. The number of alkyl halides is 3. The molecule has 0 aromatic heterocycles. The summed E-state index contributed by atoms with van der Waals surface area (Å²) in [7, 11) is 1.98. The van der Waals surface area contributed by atoms with Crippen molar-refractivity contribution in [3.8, 4) is 0 Å². The second-order valence-electron chi connectivity index (χ2n) is 9.59.